The highest BCUT2D eigenvalue weighted by Gasteiger charge is 2.11. The summed E-state index contributed by atoms with van der Waals surface area (Å²) in [4.78, 5) is 15.5. The quantitative estimate of drug-likeness (QED) is 0.378. The minimum atomic E-state index is -0.0554. The lowest BCUT2D eigenvalue weighted by molar-refractivity contribution is -0.121. The van der Waals surface area contributed by atoms with Gasteiger partial charge in [0.1, 0.15) is 0 Å². The zero-order chi connectivity index (χ0) is 21.5. The highest BCUT2D eigenvalue weighted by Crippen LogP contribution is 2.22. The van der Waals surface area contributed by atoms with Crippen LogP contribution in [0.25, 0.3) is 17.0 Å². The number of hydrogen-bond donors (Lipinski definition) is 3. The summed E-state index contributed by atoms with van der Waals surface area (Å²) in [5.41, 5.74) is 9.09. The standard InChI is InChI=1S/C26H32N4O/c1-20-23(24-7-3-4-8-25(24)28-20)15-16-27-19-22-11-9-21(10-12-22)13-14-26(31)29-30-17-5-2-6-18-30/h3-4,7-14,27-28H,2,5-6,15-19H2,1H3,(H,29,31)/b14-13+. The van der Waals surface area contributed by atoms with Gasteiger partial charge >= 0.3 is 0 Å². The molecule has 0 atom stereocenters. The summed E-state index contributed by atoms with van der Waals surface area (Å²) in [6.45, 7) is 5.80. The third kappa shape index (κ3) is 5.84. The molecule has 0 bridgehead atoms. The Hall–Kier alpha value is -2.89. The number of piperidine rings is 1. The molecule has 0 unspecified atom stereocenters. The number of benzene rings is 2. The molecule has 5 heteroatoms. The van der Waals surface area contributed by atoms with Gasteiger partial charge in [-0.05, 0) is 61.6 Å². The van der Waals surface area contributed by atoms with Crippen molar-refractivity contribution in [3.63, 3.8) is 0 Å². The van der Waals surface area contributed by atoms with Crippen molar-refractivity contribution >= 4 is 22.9 Å². The number of fused-ring (bicyclic) bond motifs is 1. The number of para-hydroxylation sites is 1. The Kier molecular flexibility index (Phi) is 7.18. The van der Waals surface area contributed by atoms with Crippen LogP contribution in [0.3, 0.4) is 0 Å². The molecule has 1 saturated heterocycles. The summed E-state index contributed by atoms with van der Waals surface area (Å²) < 4.78 is 0. The fraction of sp³-hybridized carbons (Fsp3) is 0.346. The second-order valence-corrected chi connectivity index (χ2v) is 8.30. The third-order valence-corrected chi connectivity index (χ3v) is 5.94. The molecule has 0 saturated carbocycles. The molecule has 3 N–H and O–H groups in total. The summed E-state index contributed by atoms with van der Waals surface area (Å²) in [5.74, 6) is -0.0554. The average Bonchev–Trinajstić information content (AvgIpc) is 3.12. The van der Waals surface area contributed by atoms with Crippen LogP contribution < -0.4 is 10.7 Å². The summed E-state index contributed by atoms with van der Waals surface area (Å²) >= 11 is 0. The van der Waals surface area contributed by atoms with Crippen molar-refractivity contribution in [2.75, 3.05) is 19.6 Å². The summed E-state index contributed by atoms with van der Waals surface area (Å²) in [5, 5.41) is 6.88. The van der Waals surface area contributed by atoms with E-state index >= 15 is 0 Å². The lowest BCUT2D eigenvalue weighted by Crippen LogP contribution is -2.44. The number of aromatic amines is 1. The minimum absolute atomic E-state index is 0.0554. The molecule has 0 radical (unpaired) electrons. The summed E-state index contributed by atoms with van der Waals surface area (Å²) in [6.07, 6.45) is 8.05. The van der Waals surface area contributed by atoms with Crippen molar-refractivity contribution in [1.29, 1.82) is 0 Å². The van der Waals surface area contributed by atoms with E-state index in [-0.39, 0.29) is 5.91 Å². The zero-order valence-corrected chi connectivity index (χ0v) is 18.3. The Labute approximate surface area is 184 Å². The maximum absolute atomic E-state index is 12.1. The van der Waals surface area contributed by atoms with E-state index in [1.807, 2.05) is 11.1 Å². The van der Waals surface area contributed by atoms with Gasteiger partial charge in [-0.3, -0.25) is 10.2 Å². The topological polar surface area (TPSA) is 60.2 Å². The van der Waals surface area contributed by atoms with E-state index < -0.39 is 0 Å². The number of aryl methyl sites for hydroxylation is 1. The van der Waals surface area contributed by atoms with E-state index in [4.69, 9.17) is 0 Å². The highest BCUT2D eigenvalue weighted by molar-refractivity contribution is 5.91. The lowest BCUT2D eigenvalue weighted by Gasteiger charge is -2.26. The number of H-pyrrole nitrogens is 1. The number of amides is 1. The zero-order valence-electron chi connectivity index (χ0n) is 18.3. The first kappa shape index (κ1) is 21.3. The van der Waals surface area contributed by atoms with Gasteiger partial charge in [0, 0.05) is 42.3 Å². The number of rotatable bonds is 8. The molecular formula is C26H32N4O. The van der Waals surface area contributed by atoms with Crippen LogP contribution in [0.15, 0.2) is 54.6 Å². The van der Waals surface area contributed by atoms with Gasteiger partial charge in [-0.15, -0.1) is 0 Å². The van der Waals surface area contributed by atoms with Gasteiger partial charge in [0.25, 0.3) is 5.91 Å². The number of hydrazine groups is 1. The predicted molar refractivity (Wildman–Crippen MR) is 127 cm³/mol. The van der Waals surface area contributed by atoms with E-state index in [9.17, 15) is 4.79 Å². The Morgan fingerprint density at radius 2 is 1.84 bits per heavy atom. The summed E-state index contributed by atoms with van der Waals surface area (Å²) in [7, 11) is 0. The summed E-state index contributed by atoms with van der Waals surface area (Å²) in [6, 6.07) is 16.8. The highest BCUT2D eigenvalue weighted by atomic mass is 16.2. The van der Waals surface area contributed by atoms with Crippen LogP contribution in [0.2, 0.25) is 0 Å². The smallest absolute Gasteiger partial charge is 0.258 e. The molecular weight excluding hydrogens is 384 g/mol. The monoisotopic (exact) mass is 416 g/mol. The fourth-order valence-corrected chi connectivity index (χ4v) is 4.22. The van der Waals surface area contributed by atoms with Crippen molar-refractivity contribution in [3.8, 4) is 0 Å². The van der Waals surface area contributed by atoms with Crippen molar-refractivity contribution in [1.82, 2.24) is 20.7 Å². The predicted octanol–water partition coefficient (Wildman–Crippen LogP) is 4.34. The Morgan fingerprint density at radius 1 is 1.06 bits per heavy atom. The first-order valence-corrected chi connectivity index (χ1v) is 11.3. The molecule has 1 aliphatic rings. The molecule has 2 heterocycles. The lowest BCUT2D eigenvalue weighted by atomic mass is 10.1. The Balaban J connectivity index is 1.22. The van der Waals surface area contributed by atoms with Gasteiger partial charge < -0.3 is 10.3 Å². The molecule has 1 aliphatic heterocycles. The van der Waals surface area contributed by atoms with E-state index in [1.54, 1.807) is 6.08 Å². The van der Waals surface area contributed by atoms with Gasteiger partial charge in [0.2, 0.25) is 0 Å². The molecule has 4 rings (SSSR count). The third-order valence-electron chi connectivity index (χ3n) is 5.94. The molecule has 0 spiro atoms. The van der Waals surface area contributed by atoms with Crippen LogP contribution in [-0.2, 0) is 17.8 Å². The second-order valence-electron chi connectivity index (χ2n) is 8.30. The van der Waals surface area contributed by atoms with Gasteiger partial charge in [-0.1, -0.05) is 48.9 Å². The molecule has 5 nitrogen and oxygen atoms in total. The number of carbonyl (C=O) groups is 1. The minimum Gasteiger partial charge on any atom is -0.358 e. The first-order valence-electron chi connectivity index (χ1n) is 11.3. The van der Waals surface area contributed by atoms with Crippen molar-refractivity contribution in [3.05, 3.63) is 77.0 Å². The van der Waals surface area contributed by atoms with Crippen LogP contribution in [0.4, 0.5) is 0 Å². The van der Waals surface area contributed by atoms with Gasteiger partial charge in [-0.25, -0.2) is 5.01 Å². The average molecular weight is 417 g/mol. The number of nitrogens with zero attached hydrogens (tertiary/aromatic N) is 1. The van der Waals surface area contributed by atoms with E-state index in [0.29, 0.717) is 0 Å². The van der Waals surface area contributed by atoms with E-state index in [0.717, 1.165) is 51.0 Å². The molecule has 31 heavy (non-hydrogen) atoms. The Bertz CT molecular complexity index is 1030. The maximum Gasteiger partial charge on any atom is 0.258 e. The molecule has 162 valence electrons. The number of hydrogen-bond acceptors (Lipinski definition) is 3. The van der Waals surface area contributed by atoms with Gasteiger partial charge in [0.05, 0.1) is 0 Å². The first-order chi connectivity index (χ1) is 15.2. The van der Waals surface area contributed by atoms with Crippen molar-refractivity contribution in [2.24, 2.45) is 0 Å². The van der Waals surface area contributed by atoms with Crippen LogP contribution in [0.5, 0.6) is 0 Å². The number of carbonyl (C=O) groups excluding carboxylic acids is 1. The van der Waals surface area contributed by atoms with Crippen LogP contribution in [-0.4, -0.2) is 35.5 Å². The van der Waals surface area contributed by atoms with Crippen molar-refractivity contribution in [2.45, 2.75) is 39.2 Å². The maximum atomic E-state index is 12.1. The van der Waals surface area contributed by atoms with E-state index in [2.05, 4.69) is 71.2 Å². The molecule has 0 aliphatic carbocycles. The second kappa shape index (κ2) is 10.4. The Morgan fingerprint density at radius 3 is 2.65 bits per heavy atom. The molecule has 2 aromatic carbocycles. The van der Waals surface area contributed by atoms with Crippen LogP contribution >= 0.6 is 0 Å². The SMILES string of the molecule is Cc1[nH]c2ccccc2c1CCNCc1ccc(/C=C/C(=O)NN2CCCCC2)cc1. The normalized spacial score (nSPS) is 15.0. The van der Waals surface area contributed by atoms with Gasteiger partial charge in [-0.2, -0.15) is 0 Å². The molecule has 3 aromatic rings. The fourth-order valence-electron chi connectivity index (χ4n) is 4.22. The molecule has 1 fully saturated rings. The number of nitrogens with one attached hydrogen (secondary N) is 3. The van der Waals surface area contributed by atoms with Gasteiger partial charge in [0.15, 0.2) is 0 Å². The molecule has 1 aromatic heterocycles. The largest absolute Gasteiger partial charge is 0.358 e. The van der Waals surface area contributed by atoms with Crippen LogP contribution in [0, 0.1) is 6.92 Å². The van der Waals surface area contributed by atoms with Crippen LogP contribution in [0.1, 0.15) is 41.6 Å². The number of aromatic nitrogens is 1. The van der Waals surface area contributed by atoms with E-state index in [1.165, 1.54) is 34.1 Å². The van der Waals surface area contributed by atoms with Crippen molar-refractivity contribution < 1.29 is 4.79 Å². The molecule has 1 amide bonds.